The lowest BCUT2D eigenvalue weighted by Crippen LogP contribution is -2.75. The van der Waals surface area contributed by atoms with E-state index in [0.717, 1.165) is 25.7 Å². The van der Waals surface area contributed by atoms with Gasteiger partial charge in [-0.1, -0.05) is 71.1 Å². The minimum Gasteiger partial charge on any atom is -0.506 e. The van der Waals surface area contributed by atoms with Gasteiger partial charge in [0.15, 0.2) is 11.5 Å². The summed E-state index contributed by atoms with van der Waals surface area (Å²) in [5.74, 6) is -12.6. The lowest BCUT2D eigenvalue weighted by atomic mass is 9.95. The Kier molecular flexibility index (Phi) is 12.3. The molecule has 0 saturated heterocycles. The van der Waals surface area contributed by atoms with Gasteiger partial charge >= 0.3 is 11.7 Å². The topological polar surface area (TPSA) is 226 Å². The van der Waals surface area contributed by atoms with Crippen LogP contribution < -0.4 is 0 Å². The van der Waals surface area contributed by atoms with E-state index in [9.17, 15) is 30.6 Å². The molecule has 12 heteroatoms. The predicted octanol–water partition coefficient (Wildman–Crippen LogP) is 0.0665. The molecule has 0 aliphatic rings. The van der Waals surface area contributed by atoms with E-state index in [0.29, 0.717) is 12.8 Å². The van der Waals surface area contributed by atoms with E-state index in [4.69, 9.17) is 25.7 Å². The van der Waals surface area contributed by atoms with E-state index in [1.807, 2.05) is 0 Å². The maximum atomic E-state index is 9.88. The zero-order chi connectivity index (χ0) is 23.6. The van der Waals surface area contributed by atoms with Gasteiger partial charge in [-0.3, -0.25) is 10.4 Å². The van der Waals surface area contributed by atoms with Crippen LogP contribution >= 0.6 is 0 Å². The Morgan fingerprint density at radius 3 is 1.50 bits per heavy atom. The number of nitrogens with zero attached hydrogens (tertiary/aromatic N) is 1. The summed E-state index contributed by atoms with van der Waals surface area (Å²) < 4.78 is 0. The summed E-state index contributed by atoms with van der Waals surface area (Å²) in [5.41, 5.74) is -4.55. The van der Waals surface area contributed by atoms with E-state index in [2.05, 4.69) is 6.92 Å². The molecule has 0 bridgehead atoms. The monoisotopic (exact) mass is 443 g/mol. The lowest BCUT2D eigenvalue weighted by molar-refractivity contribution is -0.562. The summed E-state index contributed by atoms with van der Waals surface area (Å²) in [7, 11) is 0. The van der Waals surface area contributed by atoms with Crippen LogP contribution in [-0.4, -0.2) is 85.2 Å². The summed E-state index contributed by atoms with van der Waals surface area (Å²) >= 11 is 0. The number of unbranched alkanes of at least 4 members (excludes halogenated alkanes) is 9. The van der Waals surface area contributed by atoms with Crippen LogP contribution in [-0.2, 0) is 0 Å². The highest BCUT2D eigenvalue weighted by Gasteiger charge is 2.70. The maximum absolute atomic E-state index is 9.88. The van der Waals surface area contributed by atoms with Crippen LogP contribution in [0.4, 0.5) is 0 Å². The smallest absolute Gasteiger partial charge is 0.331 e. The van der Waals surface area contributed by atoms with Gasteiger partial charge in [-0.15, -0.1) is 0 Å². The fourth-order valence-electron chi connectivity index (χ4n) is 2.97. The van der Waals surface area contributed by atoms with E-state index >= 15 is 0 Å². The molecule has 180 valence electrons. The van der Waals surface area contributed by atoms with Crippen molar-refractivity contribution in [2.45, 2.75) is 101 Å². The third-order valence-corrected chi connectivity index (χ3v) is 4.96. The quantitative estimate of drug-likeness (QED) is 0.0659. The number of rotatable bonds is 16. The second kappa shape index (κ2) is 12.7. The average Bonchev–Trinajstić information content (AvgIpc) is 2.65. The van der Waals surface area contributed by atoms with Gasteiger partial charge in [0, 0.05) is 0 Å². The van der Waals surface area contributed by atoms with Gasteiger partial charge < -0.3 is 46.0 Å². The van der Waals surface area contributed by atoms with Gasteiger partial charge in [0.05, 0.1) is 0 Å². The van der Waals surface area contributed by atoms with E-state index in [1.165, 1.54) is 25.7 Å². The summed E-state index contributed by atoms with van der Waals surface area (Å²) in [6, 6.07) is 0. The van der Waals surface area contributed by atoms with Gasteiger partial charge in [-0.25, -0.2) is 0 Å². The summed E-state index contributed by atoms with van der Waals surface area (Å²) in [6.07, 6.45) is 8.00. The lowest BCUT2D eigenvalue weighted by Gasteiger charge is -2.43. The minimum absolute atomic E-state index is 0.134. The summed E-state index contributed by atoms with van der Waals surface area (Å²) in [5, 5.41) is 102. The molecule has 1 unspecified atom stereocenters. The van der Waals surface area contributed by atoms with Crippen molar-refractivity contribution in [3.8, 4) is 0 Å². The molecule has 0 amide bonds. The Bertz CT molecular complexity index is 519. The Balaban J connectivity index is 4.73. The summed E-state index contributed by atoms with van der Waals surface area (Å²) in [6.45, 7) is 2.15. The number of hydrogen-bond donors (Lipinski definition) is 11. The van der Waals surface area contributed by atoms with Crippen LogP contribution in [0.25, 0.3) is 0 Å². The van der Waals surface area contributed by atoms with Crippen LogP contribution in [0.3, 0.4) is 0 Å². The molecule has 0 saturated carbocycles. The molecule has 0 aliphatic heterocycles. The highest BCUT2D eigenvalue weighted by Crippen LogP contribution is 2.36. The van der Waals surface area contributed by atoms with Gasteiger partial charge in [-0.05, 0) is 11.6 Å². The second-order valence-corrected chi connectivity index (χ2v) is 7.49. The molecular weight excluding hydrogens is 406 g/mol. The minimum atomic E-state index is -4.60. The van der Waals surface area contributed by atoms with Crippen molar-refractivity contribution in [3.63, 3.8) is 0 Å². The van der Waals surface area contributed by atoms with Crippen LogP contribution in [0, 0.1) is 0 Å². The van der Waals surface area contributed by atoms with Crippen molar-refractivity contribution in [1.82, 2.24) is 5.23 Å². The second-order valence-electron chi connectivity index (χ2n) is 7.49. The Morgan fingerprint density at radius 2 is 1.13 bits per heavy atom. The molecule has 0 aromatic carbocycles. The highest BCUT2D eigenvalue weighted by molar-refractivity contribution is 5.17. The van der Waals surface area contributed by atoms with Gasteiger partial charge in [0.25, 0.3) is 5.79 Å². The first-order valence-corrected chi connectivity index (χ1v) is 10.1. The fourth-order valence-corrected chi connectivity index (χ4v) is 2.97. The third kappa shape index (κ3) is 7.57. The molecule has 0 aliphatic carbocycles. The first kappa shape index (κ1) is 28.9. The fraction of sp³-hybridized carbons (Fsp3) is 0.889. The standard InChI is InChI=1S/C18H37NO11/c1-2-3-4-5-6-7-8-9-10-11-12-13(20)14(21)15(22)16(23,24)17(25,19(29)30)18(26,27)28/h13,20-30H,2-12H2,1H3/b15-14+/t13?,17-/m0/s1. The first-order valence-electron chi connectivity index (χ1n) is 10.1. The van der Waals surface area contributed by atoms with Crippen molar-refractivity contribution in [2.75, 3.05) is 0 Å². The van der Waals surface area contributed by atoms with E-state index in [-0.39, 0.29) is 6.42 Å². The van der Waals surface area contributed by atoms with Gasteiger partial charge in [0.2, 0.25) is 0 Å². The first-order chi connectivity index (χ1) is 13.7. The zero-order valence-corrected chi connectivity index (χ0v) is 17.2. The zero-order valence-electron chi connectivity index (χ0n) is 17.2. The molecule has 0 aromatic heterocycles. The van der Waals surface area contributed by atoms with Crippen molar-refractivity contribution in [3.05, 3.63) is 11.5 Å². The molecule has 0 rings (SSSR count). The molecule has 0 spiro atoms. The van der Waals surface area contributed by atoms with Crippen molar-refractivity contribution in [1.29, 1.82) is 0 Å². The number of hydroxylamine groups is 2. The van der Waals surface area contributed by atoms with Crippen LogP contribution in [0.5, 0.6) is 0 Å². The average molecular weight is 443 g/mol. The molecule has 11 N–H and O–H groups in total. The molecular formula is C18H37NO11. The highest BCUT2D eigenvalue weighted by atomic mass is 16.8. The predicted molar refractivity (Wildman–Crippen MR) is 102 cm³/mol. The third-order valence-electron chi connectivity index (χ3n) is 4.96. The largest absolute Gasteiger partial charge is 0.506 e. The Morgan fingerprint density at radius 1 is 0.733 bits per heavy atom. The molecule has 0 fully saturated rings. The number of aliphatic hydroxyl groups excluding tert-OH is 3. The van der Waals surface area contributed by atoms with Crippen LogP contribution in [0.2, 0.25) is 0 Å². The molecule has 0 heterocycles. The molecule has 0 aromatic rings. The van der Waals surface area contributed by atoms with Gasteiger partial charge in [-0.2, -0.15) is 0 Å². The van der Waals surface area contributed by atoms with Crippen LogP contribution in [0.15, 0.2) is 11.5 Å². The van der Waals surface area contributed by atoms with E-state index < -0.39 is 40.3 Å². The SMILES string of the molecule is CCCCCCCCCCCCC(O)/C(O)=C(\O)C(O)(O)[C@@](O)(N(O)O)C(O)(O)O. The van der Waals surface area contributed by atoms with Crippen molar-refractivity contribution >= 4 is 0 Å². The number of hydrogen-bond acceptors (Lipinski definition) is 12. The van der Waals surface area contributed by atoms with E-state index in [1.54, 1.807) is 0 Å². The van der Waals surface area contributed by atoms with Crippen molar-refractivity contribution < 1.29 is 56.4 Å². The Hall–Kier alpha value is -1.06. The maximum Gasteiger partial charge on any atom is 0.331 e. The Labute approximate surface area is 175 Å². The molecule has 0 radical (unpaired) electrons. The molecule has 12 nitrogen and oxygen atoms in total. The summed E-state index contributed by atoms with van der Waals surface area (Å²) in [4.78, 5) is 0. The molecule has 30 heavy (non-hydrogen) atoms. The molecule has 2 atom stereocenters. The number of aliphatic hydroxyl groups is 9. The van der Waals surface area contributed by atoms with Crippen molar-refractivity contribution in [2.24, 2.45) is 0 Å². The van der Waals surface area contributed by atoms with Crippen LogP contribution in [0.1, 0.15) is 77.6 Å². The normalized spacial score (nSPS) is 17.0. The van der Waals surface area contributed by atoms with Gasteiger partial charge in [0.1, 0.15) is 6.10 Å².